The monoisotopic (exact) mass is 373 g/mol. The van der Waals surface area contributed by atoms with E-state index < -0.39 is 32.2 Å². The Morgan fingerprint density at radius 2 is 1.70 bits per heavy atom. The van der Waals surface area contributed by atoms with Gasteiger partial charge in [0.05, 0.1) is 10.5 Å². The summed E-state index contributed by atoms with van der Waals surface area (Å²) in [5.74, 6) is 0. The molecule has 1 rings (SSSR count). The van der Waals surface area contributed by atoms with Crippen molar-refractivity contribution < 1.29 is 21.6 Å². The predicted octanol–water partition coefficient (Wildman–Crippen LogP) is 3.50. The first-order valence-corrected chi connectivity index (χ1v) is 8.22. The Morgan fingerprint density at radius 1 is 1.20 bits per heavy atom. The normalized spacial score (nSPS) is 13.8. The quantitative estimate of drug-likeness (QED) is 0.757. The van der Waals surface area contributed by atoms with E-state index in [4.69, 9.17) is 0 Å². The Morgan fingerprint density at radius 3 is 2.15 bits per heavy atom. The molecule has 0 aliphatic rings. The van der Waals surface area contributed by atoms with Crippen LogP contribution in [-0.2, 0) is 16.2 Å². The largest absolute Gasteiger partial charge is 0.417 e. The molecule has 3 nitrogen and oxygen atoms in total. The van der Waals surface area contributed by atoms with Crippen LogP contribution in [-0.4, -0.2) is 30.6 Å². The molecule has 1 aromatic rings. The summed E-state index contributed by atoms with van der Waals surface area (Å²) in [4.78, 5) is -0.732. The minimum absolute atomic E-state index is 0.296. The molecule has 8 heteroatoms. The van der Waals surface area contributed by atoms with E-state index in [1.54, 1.807) is 13.8 Å². The fraction of sp³-hybridized carbons (Fsp3) is 0.500. The van der Waals surface area contributed by atoms with Gasteiger partial charge in [-0.3, -0.25) is 0 Å². The van der Waals surface area contributed by atoms with Crippen molar-refractivity contribution in [2.45, 2.75) is 30.5 Å². The molecule has 114 valence electrons. The van der Waals surface area contributed by atoms with Crippen molar-refractivity contribution in [2.24, 2.45) is 0 Å². The number of alkyl halides is 4. The van der Waals surface area contributed by atoms with Crippen molar-refractivity contribution in [1.29, 1.82) is 0 Å². The molecule has 0 N–H and O–H groups in total. The lowest BCUT2D eigenvalue weighted by molar-refractivity contribution is -0.139. The van der Waals surface area contributed by atoms with Crippen molar-refractivity contribution in [1.82, 2.24) is 4.31 Å². The molecule has 0 saturated carbocycles. The molecule has 1 aromatic carbocycles. The molecule has 0 spiro atoms. The van der Waals surface area contributed by atoms with Gasteiger partial charge in [-0.05, 0) is 26.0 Å². The van der Waals surface area contributed by atoms with Crippen LogP contribution in [0.3, 0.4) is 0 Å². The molecule has 0 atom stereocenters. The Balaban J connectivity index is 3.45. The minimum Gasteiger partial charge on any atom is -0.207 e. The van der Waals surface area contributed by atoms with E-state index in [1.165, 1.54) is 13.1 Å². The zero-order valence-electron chi connectivity index (χ0n) is 11.2. The minimum atomic E-state index is -4.72. The highest BCUT2D eigenvalue weighted by atomic mass is 79.9. The van der Waals surface area contributed by atoms with Gasteiger partial charge < -0.3 is 0 Å². The predicted molar refractivity (Wildman–Crippen MR) is 74.3 cm³/mol. The molecule has 0 saturated heterocycles. The number of halogens is 4. The Kier molecular flexibility index (Phi) is 4.93. The molecule has 0 unspecified atom stereocenters. The van der Waals surface area contributed by atoms with E-state index >= 15 is 0 Å². The van der Waals surface area contributed by atoms with E-state index in [-0.39, 0.29) is 0 Å². The Labute approximate surface area is 125 Å². The van der Waals surface area contributed by atoms with Crippen LogP contribution in [0.15, 0.2) is 29.2 Å². The molecular weight excluding hydrogens is 359 g/mol. The molecule has 20 heavy (non-hydrogen) atoms. The third-order valence-electron chi connectivity index (χ3n) is 3.01. The van der Waals surface area contributed by atoms with Crippen LogP contribution in [0.25, 0.3) is 0 Å². The lowest BCUT2D eigenvalue weighted by Gasteiger charge is -2.33. The van der Waals surface area contributed by atoms with Gasteiger partial charge in [0.15, 0.2) is 0 Å². The molecular formula is C12H15BrF3NO2S. The second kappa shape index (κ2) is 5.65. The lowest BCUT2D eigenvalue weighted by atomic mass is 10.1. The average Bonchev–Trinajstić information content (AvgIpc) is 2.36. The number of rotatable bonds is 4. The topological polar surface area (TPSA) is 37.4 Å². The van der Waals surface area contributed by atoms with Crippen LogP contribution >= 0.6 is 15.9 Å². The van der Waals surface area contributed by atoms with Gasteiger partial charge in [0, 0.05) is 17.9 Å². The second-order valence-electron chi connectivity index (χ2n) is 4.91. The zero-order chi connectivity index (χ0) is 15.8. The van der Waals surface area contributed by atoms with Gasteiger partial charge in [0.1, 0.15) is 0 Å². The highest BCUT2D eigenvalue weighted by molar-refractivity contribution is 9.09. The molecule has 0 bridgehead atoms. The van der Waals surface area contributed by atoms with Gasteiger partial charge in [-0.25, -0.2) is 8.42 Å². The van der Waals surface area contributed by atoms with Crippen molar-refractivity contribution >= 4 is 26.0 Å². The molecule has 0 aromatic heterocycles. The van der Waals surface area contributed by atoms with Crippen molar-refractivity contribution in [2.75, 3.05) is 12.4 Å². The first-order chi connectivity index (χ1) is 8.94. The molecule has 0 fully saturated rings. The Hall–Kier alpha value is -0.600. The van der Waals surface area contributed by atoms with E-state index in [2.05, 4.69) is 15.9 Å². The summed E-state index contributed by atoms with van der Waals surface area (Å²) in [6.07, 6.45) is -4.72. The fourth-order valence-electron chi connectivity index (χ4n) is 1.48. The zero-order valence-corrected chi connectivity index (χ0v) is 13.6. The molecule has 0 amide bonds. The summed E-state index contributed by atoms with van der Waals surface area (Å²) in [6.45, 7) is 3.24. The third kappa shape index (κ3) is 3.35. The van der Waals surface area contributed by atoms with E-state index in [9.17, 15) is 21.6 Å². The third-order valence-corrected chi connectivity index (χ3v) is 6.51. The van der Waals surface area contributed by atoms with Gasteiger partial charge in [-0.1, -0.05) is 28.1 Å². The first kappa shape index (κ1) is 17.5. The van der Waals surface area contributed by atoms with Gasteiger partial charge in [0.25, 0.3) is 0 Å². The SMILES string of the molecule is CN(C(C)(C)CBr)S(=O)(=O)c1ccccc1C(F)(F)F. The van der Waals surface area contributed by atoms with Crippen LogP contribution in [0, 0.1) is 0 Å². The van der Waals surface area contributed by atoms with E-state index in [0.29, 0.717) is 5.33 Å². The second-order valence-corrected chi connectivity index (χ2v) is 7.41. The summed E-state index contributed by atoms with van der Waals surface area (Å²) in [7, 11) is -2.97. The van der Waals surface area contributed by atoms with E-state index in [1.807, 2.05) is 0 Å². The summed E-state index contributed by atoms with van der Waals surface area (Å²) in [6, 6.07) is 4.18. The number of hydrogen-bond acceptors (Lipinski definition) is 2. The summed E-state index contributed by atoms with van der Waals surface area (Å²) < 4.78 is 64.5. The number of nitrogens with zero attached hydrogens (tertiary/aromatic N) is 1. The van der Waals surface area contributed by atoms with Gasteiger partial charge in [0.2, 0.25) is 10.0 Å². The van der Waals surface area contributed by atoms with Gasteiger partial charge in [-0.2, -0.15) is 17.5 Å². The van der Waals surface area contributed by atoms with Crippen molar-refractivity contribution in [3.8, 4) is 0 Å². The van der Waals surface area contributed by atoms with Crippen molar-refractivity contribution in [3.05, 3.63) is 29.8 Å². The van der Waals surface area contributed by atoms with E-state index in [0.717, 1.165) is 22.5 Å². The van der Waals surface area contributed by atoms with Crippen LogP contribution < -0.4 is 0 Å². The maximum absolute atomic E-state index is 12.9. The van der Waals surface area contributed by atoms with Gasteiger partial charge >= 0.3 is 6.18 Å². The van der Waals surface area contributed by atoms with Crippen LogP contribution in [0.1, 0.15) is 19.4 Å². The van der Waals surface area contributed by atoms with Crippen LogP contribution in [0.4, 0.5) is 13.2 Å². The van der Waals surface area contributed by atoms with Crippen molar-refractivity contribution in [3.63, 3.8) is 0 Å². The summed E-state index contributed by atoms with van der Waals surface area (Å²) in [5, 5.41) is 0.296. The van der Waals surface area contributed by atoms with Gasteiger partial charge in [-0.15, -0.1) is 0 Å². The highest BCUT2D eigenvalue weighted by Crippen LogP contribution is 2.36. The number of sulfonamides is 1. The highest BCUT2D eigenvalue weighted by Gasteiger charge is 2.40. The van der Waals surface area contributed by atoms with Crippen LogP contribution in [0.2, 0.25) is 0 Å². The molecule has 0 aliphatic heterocycles. The smallest absolute Gasteiger partial charge is 0.207 e. The number of benzene rings is 1. The average molecular weight is 374 g/mol. The molecule has 0 aliphatic carbocycles. The van der Waals surface area contributed by atoms with Crippen LogP contribution in [0.5, 0.6) is 0 Å². The lowest BCUT2D eigenvalue weighted by Crippen LogP contribution is -2.46. The molecule has 0 heterocycles. The maximum Gasteiger partial charge on any atom is 0.417 e. The summed E-state index contributed by atoms with van der Waals surface area (Å²) in [5.41, 5.74) is -2.01. The molecule has 0 radical (unpaired) electrons. The fourth-order valence-corrected chi connectivity index (χ4v) is 3.75. The summed E-state index contributed by atoms with van der Waals surface area (Å²) >= 11 is 3.17. The maximum atomic E-state index is 12.9. The number of hydrogen-bond donors (Lipinski definition) is 0. The standard InChI is InChI=1S/C12H15BrF3NO2S/c1-11(2,8-13)17(3)20(18,19)10-7-5-4-6-9(10)12(14,15)16/h4-7H,8H2,1-3H3. The Bertz CT molecular complexity index is 585. The first-order valence-electron chi connectivity index (χ1n) is 5.66.